The van der Waals surface area contributed by atoms with E-state index in [1.807, 2.05) is 6.92 Å². The molecule has 3 rings (SSSR count). The Balaban J connectivity index is 1.46. The molecule has 2 nitrogen and oxygen atoms in total. The van der Waals surface area contributed by atoms with Crippen LogP contribution >= 0.6 is 0 Å². The van der Waals surface area contributed by atoms with Gasteiger partial charge in [0.1, 0.15) is 0 Å². The van der Waals surface area contributed by atoms with Crippen LogP contribution in [0.25, 0.3) is 0 Å². The molecule has 0 amide bonds. The van der Waals surface area contributed by atoms with Gasteiger partial charge < -0.3 is 10.4 Å². The van der Waals surface area contributed by atoms with Crippen LogP contribution in [0.5, 0.6) is 0 Å². The number of rotatable bonds is 6. The van der Waals surface area contributed by atoms with E-state index in [4.69, 9.17) is 0 Å². The molecule has 0 heterocycles. The van der Waals surface area contributed by atoms with E-state index >= 15 is 0 Å². The molecule has 1 unspecified atom stereocenters. The van der Waals surface area contributed by atoms with Crippen molar-refractivity contribution >= 4 is 0 Å². The van der Waals surface area contributed by atoms with Gasteiger partial charge in [0.05, 0.1) is 5.60 Å². The fraction of sp³-hybridized carbons (Fsp3) is 0.714. The zero-order valence-corrected chi connectivity index (χ0v) is 14.7. The van der Waals surface area contributed by atoms with Crippen LogP contribution in [0.15, 0.2) is 18.2 Å². The summed E-state index contributed by atoms with van der Waals surface area (Å²) in [6.45, 7) is 3.57. The molecule has 128 valence electrons. The standard InChI is InChI=1S/C21H33NO/c1-21(23,14-17-7-3-2-4-8-17)16-22-15-18-11-12-19-9-5-6-10-20(19)13-18/h11-13,17,22-23H,2-10,14-16H2,1H3. The fourth-order valence-electron chi connectivity index (χ4n) is 4.46. The van der Waals surface area contributed by atoms with Crippen molar-refractivity contribution in [1.29, 1.82) is 0 Å². The lowest BCUT2D eigenvalue weighted by Gasteiger charge is -2.31. The molecule has 0 aromatic heterocycles. The maximum atomic E-state index is 10.7. The second-order valence-electron chi connectivity index (χ2n) is 8.12. The lowest BCUT2D eigenvalue weighted by Crippen LogP contribution is -2.39. The molecule has 0 radical (unpaired) electrons. The molecule has 1 aromatic rings. The predicted octanol–water partition coefficient (Wildman–Crippen LogP) is 4.38. The van der Waals surface area contributed by atoms with Gasteiger partial charge in [0, 0.05) is 13.1 Å². The summed E-state index contributed by atoms with van der Waals surface area (Å²) in [5, 5.41) is 14.2. The Labute approximate surface area is 141 Å². The Morgan fingerprint density at radius 3 is 2.57 bits per heavy atom. The first kappa shape index (κ1) is 17.0. The third-order valence-electron chi connectivity index (χ3n) is 5.70. The van der Waals surface area contributed by atoms with Crippen molar-refractivity contribution < 1.29 is 5.11 Å². The first-order chi connectivity index (χ1) is 11.1. The molecule has 0 aliphatic heterocycles. The SMILES string of the molecule is CC(O)(CNCc1ccc2c(c1)CCCC2)CC1CCCCC1. The van der Waals surface area contributed by atoms with E-state index in [2.05, 4.69) is 23.5 Å². The normalized spacial score (nSPS) is 21.7. The van der Waals surface area contributed by atoms with Gasteiger partial charge in [-0.2, -0.15) is 0 Å². The molecule has 2 aliphatic carbocycles. The molecule has 0 bridgehead atoms. The summed E-state index contributed by atoms with van der Waals surface area (Å²) in [4.78, 5) is 0. The maximum absolute atomic E-state index is 10.7. The number of aryl methyl sites for hydroxylation is 2. The summed E-state index contributed by atoms with van der Waals surface area (Å²) in [5.74, 6) is 0.726. The van der Waals surface area contributed by atoms with E-state index in [0.717, 1.165) is 18.9 Å². The van der Waals surface area contributed by atoms with E-state index in [1.165, 1.54) is 63.4 Å². The van der Waals surface area contributed by atoms with E-state index in [0.29, 0.717) is 6.54 Å². The van der Waals surface area contributed by atoms with Gasteiger partial charge in [-0.05, 0) is 61.6 Å². The second kappa shape index (κ2) is 7.81. The van der Waals surface area contributed by atoms with Crippen molar-refractivity contribution in [1.82, 2.24) is 5.32 Å². The Hall–Kier alpha value is -0.860. The topological polar surface area (TPSA) is 32.3 Å². The van der Waals surface area contributed by atoms with E-state index in [-0.39, 0.29) is 0 Å². The van der Waals surface area contributed by atoms with Gasteiger partial charge in [-0.1, -0.05) is 50.3 Å². The quantitative estimate of drug-likeness (QED) is 0.816. The highest BCUT2D eigenvalue weighted by Gasteiger charge is 2.26. The highest BCUT2D eigenvalue weighted by Crippen LogP contribution is 2.30. The van der Waals surface area contributed by atoms with Crippen molar-refractivity contribution in [3.05, 3.63) is 34.9 Å². The van der Waals surface area contributed by atoms with Gasteiger partial charge in [-0.15, -0.1) is 0 Å². The third kappa shape index (κ3) is 5.06. The van der Waals surface area contributed by atoms with Crippen LogP contribution in [0.3, 0.4) is 0 Å². The average Bonchev–Trinajstić information content (AvgIpc) is 2.55. The summed E-state index contributed by atoms with van der Waals surface area (Å²) in [6, 6.07) is 6.94. The lowest BCUT2D eigenvalue weighted by atomic mass is 9.81. The number of nitrogens with one attached hydrogen (secondary N) is 1. The highest BCUT2D eigenvalue weighted by atomic mass is 16.3. The smallest absolute Gasteiger partial charge is 0.0746 e. The minimum Gasteiger partial charge on any atom is -0.389 e. The predicted molar refractivity (Wildman–Crippen MR) is 96.6 cm³/mol. The zero-order valence-electron chi connectivity index (χ0n) is 14.7. The number of hydrogen-bond acceptors (Lipinski definition) is 2. The van der Waals surface area contributed by atoms with Gasteiger partial charge in [-0.25, -0.2) is 0 Å². The van der Waals surface area contributed by atoms with Gasteiger partial charge >= 0.3 is 0 Å². The molecule has 2 heteroatoms. The highest BCUT2D eigenvalue weighted by molar-refractivity contribution is 5.33. The van der Waals surface area contributed by atoms with Crippen molar-refractivity contribution in [3.8, 4) is 0 Å². The monoisotopic (exact) mass is 315 g/mol. The van der Waals surface area contributed by atoms with Crippen LogP contribution < -0.4 is 5.32 Å². The summed E-state index contributed by atoms with van der Waals surface area (Å²) in [7, 11) is 0. The molecule has 23 heavy (non-hydrogen) atoms. The van der Waals surface area contributed by atoms with Gasteiger partial charge in [0.25, 0.3) is 0 Å². The van der Waals surface area contributed by atoms with Crippen LogP contribution in [0.2, 0.25) is 0 Å². The molecule has 1 fully saturated rings. The third-order valence-corrected chi connectivity index (χ3v) is 5.70. The molecule has 1 saturated carbocycles. The Bertz CT molecular complexity index is 503. The van der Waals surface area contributed by atoms with Crippen LogP contribution in [0.4, 0.5) is 0 Å². The average molecular weight is 316 g/mol. The molecular formula is C21H33NO. The molecule has 2 aliphatic rings. The first-order valence-corrected chi connectivity index (χ1v) is 9.66. The maximum Gasteiger partial charge on any atom is 0.0746 e. The Morgan fingerprint density at radius 1 is 1.04 bits per heavy atom. The van der Waals surface area contributed by atoms with E-state index in [1.54, 1.807) is 11.1 Å². The van der Waals surface area contributed by atoms with Gasteiger partial charge in [0.2, 0.25) is 0 Å². The van der Waals surface area contributed by atoms with Crippen molar-refractivity contribution in [3.63, 3.8) is 0 Å². The molecule has 1 aromatic carbocycles. The zero-order chi connectivity index (χ0) is 16.1. The number of hydrogen-bond donors (Lipinski definition) is 2. The minimum atomic E-state index is -0.573. The summed E-state index contributed by atoms with van der Waals surface area (Å²) >= 11 is 0. The van der Waals surface area contributed by atoms with E-state index < -0.39 is 5.60 Å². The minimum absolute atomic E-state index is 0.573. The number of aliphatic hydroxyl groups is 1. The van der Waals surface area contributed by atoms with Crippen LogP contribution in [-0.4, -0.2) is 17.3 Å². The van der Waals surface area contributed by atoms with Crippen LogP contribution in [0, 0.1) is 5.92 Å². The van der Waals surface area contributed by atoms with Crippen LogP contribution in [0.1, 0.15) is 75.0 Å². The molecule has 0 spiro atoms. The lowest BCUT2D eigenvalue weighted by molar-refractivity contribution is 0.0277. The Morgan fingerprint density at radius 2 is 1.78 bits per heavy atom. The first-order valence-electron chi connectivity index (χ1n) is 9.66. The summed E-state index contributed by atoms with van der Waals surface area (Å²) < 4.78 is 0. The number of benzene rings is 1. The largest absolute Gasteiger partial charge is 0.389 e. The number of fused-ring (bicyclic) bond motifs is 1. The second-order valence-corrected chi connectivity index (χ2v) is 8.12. The molecule has 1 atom stereocenters. The Kier molecular flexibility index (Phi) is 5.76. The summed E-state index contributed by atoms with van der Waals surface area (Å²) in [6.07, 6.45) is 12.8. The van der Waals surface area contributed by atoms with Gasteiger partial charge in [-0.3, -0.25) is 0 Å². The van der Waals surface area contributed by atoms with E-state index in [9.17, 15) is 5.11 Å². The molecule has 0 saturated heterocycles. The van der Waals surface area contributed by atoms with Crippen LogP contribution in [-0.2, 0) is 19.4 Å². The summed E-state index contributed by atoms with van der Waals surface area (Å²) in [5.41, 5.74) is 3.88. The van der Waals surface area contributed by atoms with Crippen molar-refractivity contribution in [2.45, 2.75) is 83.3 Å². The van der Waals surface area contributed by atoms with Crippen molar-refractivity contribution in [2.75, 3.05) is 6.54 Å². The van der Waals surface area contributed by atoms with Crippen molar-refractivity contribution in [2.24, 2.45) is 5.92 Å². The molecule has 2 N–H and O–H groups in total. The van der Waals surface area contributed by atoms with Gasteiger partial charge in [0.15, 0.2) is 0 Å². The fourth-order valence-corrected chi connectivity index (χ4v) is 4.46. The molecular weight excluding hydrogens is 282 g/mol.